The van der Waals surface area contributed by atoms with Crippen molar-refractivity contribution in [3.8, 4) is 0 Å². The van der Waals surface area contributed by atoms with E-state index in [9.17, 15) is 18.0 Å². The monoisotopic (exact) mass is 180 g/mol. The van der Waals surface area contributed by atoms with Crippen LogP contribution in [0.4, 0.5) is 13.2 Å². The molecular formula is C6H7F3N2O. The van der Waals surface area contributed by atoms with E-state index in [1.54, 1.807) is 0 Å². The number of amides is 1. The Kier molecular flexibility index (Phi) is 3.54. The van der Waals surface area contributed by atoms with Crippen LogP contribution in [0.1, 0.15) is 0 Å². The summed E-state index contributed by atoms with van der Waals surface area (Å²) in [7, 11) is 1.01. The molecule has 68 valence electrons. The summed E-state index contributed by atoms with van der Waals surface area (Å²) in [5, 5.41) is 0. The molecule has 0 aliphatic heterocycles. The SMILES string of the molecule is [C-]#[N+]CCN(C)C(=O)C(F)(F)F. The third-order valence-electron chi connectivity index (χ3n) is 1.14. The van der Waals surface area contributed by atoms with Crippen molar-refractivity contribution in [1.82, 2.24) is 4.90 Å². The molecule has 0 bridgehead atoms. The Labute approximate surface area is 67.6 Å². The first kappa shape index (κ1) is 10.8. The minimum absolute atomic E-state index is 0.113. The third kappa shape index (κ3) is 3.23. The van der Waals surface area contributed by atoms with Crippen LogP contribution in [0.2, 0.25) is 0 Å². The van der Waals surface area contributed by atoms with Crippen molar-refractivity contribution in [1.29, 1.82) is 0 Å². The summed E-state index contributed by atoms with van der Waals surface area (Å²) < 4.78 is 35.0. The minimum atomic E-state index is -4.84. The van der Waals surface area contributed by atoms with Gasteiger partial charge in [0.15, 0.2) is 0 Å². The summed E-state index contributed by atoms with van der Waals surface area (Å²) in [5.74, 6) is -1.91. The van der Waals surface area contributed by atoms with Crippen LogP contribution in [0.5, 0.6) is 0 Å². The van der Waals surface area contributed by atoms with E-state index in [2.05, 4.69) is 4.85 Å². The van der Waals surface area contributed by atoms with Crippen molar-refractivity contribution in [2.24, 2.45) is 0 Å². The summed E-state index contributed by atoms with van der Waals surface area (Å²) in [6.07, 6.45) is -4.84. The van der Waals surface area contributed by atoms with E-state index >= 15 is 0 Å². The molecule has 0 aromatic carbocycles. The molecule has 3 nitrogen and oxygen atoms in total. The number of carbonyl (C=O) groups excluding carboxylic acids is 1. The lowest BCUT2D eigenvalue weighted by Crippen LogP contribution is -2.39. The molecule has 0 saturated heterocycles. The molecule has 0 aliphatic rings. The summed E-state index contributed by atoms with van der Waals surface area (Å²) >= 11 is 0. The van der Waals surface area contributed by atoms with Crippen LogP contribution in [-0.4, -0.2) is 37.1 Å². The zero-order valence-corrected chi connectivity index (χ0v) is 6.35. The second-order valence-corrected chi connectivity index (χ2v) is 2.11. The molecule has 0 atom stereocenters. The van der Waals surface area contributed by atoms with Crippen molar-refractivity contribution >= 4 is 5.91 Å². The van der Waals surface area contributed by atoms with E-state index in [-0.39, 0.29) is 13.1 Å². The Morgan fingerprint density at radius 2 is 2.08 bits per heavy atom. The number of likely N-dealkylation sites (N-methyl/N-ethyl adjacent to an activating group) is 1. The average Bonchev–Trinajstić information content (AvgIpc) is 1.97. The van der Waals surface area contributed by atoms with Gasteiger partial charge in [0.1, 0.15) is 0 Å². The second-order valence-electron chi connectivity index (χ2n) is 2.11. The van der Waals surface area contributed by atoms with Crippen molar-refractivity contribution in [2.75, 3.05) is 20.1 Å². The third-order valence-corrected chi connectivity index (χ3v) is 1.14. The number of nitrogens with zero attached hydrogens (tertiary/aromatic N) is 2. The molecule has 0 fully saturated rings. The van der Waals surface area contributed by atoms with Crippen LogP contribution >= 0.6 is 0 Å². The molecular weight excluding hydrogens is 173 g/mol. The summed E-state index contributed by atoms with van der Waals surface area (Å²) in [5.41, 5.74) is 0. The van der Waals surface area contributed by atoms with E-state index in [0.29, 0.717) is 4.90 Å². The highest BCUT2D eigenvalue weighted by Crippen LogP contribution is 2.17. The molecule has 12 heavy (non-hydrogen) atoms. The van der Waals surface area contributed by atoms with Crippen molar-refractivity contribution in [2.45, 2.75) is 6.18 Å². The molecule has 0 aromatic heterocycles. The highest BCUT2D eigenvalue weighted by molar-refractivity contribution is 5.81. The fourth-order valence-corrected chi connectivity index (χ4v) is 0.518. The number of alkyl halides is 3. The number of halogens is 3. The molecule has 0 radical (unpaired) electrons. The van der Waals surface area contributed by atoms with Gasteiger partial charge in [-0.3, -0.25) is 4.79 Å². The topological polar surface area (TPSA) is 24.7 Å². The predicted octanol–water partition coefficient (Wildman–Crippen LogP) is 0.926. The first-order chi connectivity index (χ1) is 5.39. The van der Waals surface area contributed by atoms with Gasteiger partial charge in [0.2, 0.25) is 6.54 Å². The molecule has 0 spiro atoms. The number of carbonyl (C=O) groups is 1. The van der Waals surface area contributed by atoms with Gasteiger partial charge in [-0.25, -0.2) is 6.57 Å². The van der Waals surface area contributed by atoms with Gasteiger partial charge in [-0.1, -0.05) is 0 Å². The van der Waals surface area contributed by atoms with Crippen LogP contribution in [-0.2, 0) is 4.79 Å². The molecule has 0 aliphatic carbocycles. The van der Waals surface area contributed by atoms with E-state index in [1.165, 1.54) is 0 Å². The Balaban J connectivity index is 4.04. The highest BCUT2D eigenvalue weighted by Gasteiger charge is 2.41. The zero-order valence-electron chi connectivity index (χ0n) is 6.35. The van der Waals surface area contributed by atoms with E-state index < -0.39 is 12.1 Å². The maximum atomic E-state index is 11.7. The number of hydrogen-bond acceptors (Lipinski definition) is 1. The molecule has 0 heterocycles. The van der Waals surface area contributed by atoms with Crippen molar-refractivity contribution in [3.05, 3.63) is 11.4 Å². The minimum Gasteiger partial charge on any atom is -0.330 e. The van der Waals surface area contributed by atoms with Crippen LogP contribution in [0.25, 0.3) is 4.85 Å². The fraction of sp³-hybridized carbons (Fsp3) is 0.667. The lowest BCUT2D eigenvalue weighted by molar-refractivity contribution is -0.183. The van der Waals surface area contributed by atoms with Crippen molar-refractivity contribution in [3.63, 3.8) is 0 Å². The standard InChI is InChI=1S/C6H7F3N2O/c1-10-3-4-11(2)5(12)6(7,8)9/h3-4H2,2H3. The van der Waals surface area contributed by atoms with E-state index in [4.69, 9.17) is 6.57 Å². The Hall–Kier alpha value is -1.25. The van der Waals surface area contributed by atoms with Crippen LogP contribution < -0.4 is 0 Å². The average molecular weight is 180 g/mol. The van der Waals surface area contributed by atoms with Gasteiger partial charge in [0, 0.05) is 7.05 Å². The molecule has 0 saturated carbocycles. The van der Waals surface area contributed by atoms with Crippen LogP contribution in [0.15, 0.2) is 0 Å². The lowest BCUT2D eigenvalue weighted by atomic mass is 10.5. The van der Waals surface area contributed by atoms with E-state index in [0.717, 1.165) is 7.05 Å². The number of rotatable bonds is 2. The van der Waals surface area contributed by atoms with Crippen LogP contribution in [0.3, 0.4) is 0 Å². The molecule has 6 heteroatoms. The van der Waals surface area contributed by atoms with E-state index in [1.807, 2.05) is 0 Å². The van der Waals surface area contributed by atoms with Gasteiger partial charge in [0.05, 0.1) is 6.54 Å². The maximum absolute atomic E-state index is 11.7. The van der Waals surface area contributed by atoms with Gasteiger partial charge < -0.3 is 9.74 Å². The highest BCUT2D eigenvalue weighted by atomic mass is 19.4. The van der Waals surface area contributed by atoms with Gasteiger partial charge in [-0.2, -0.15) is 13.2 Å². The Morgan fingerprint density at radius 1 is 1.58 bits per heavy atom. The summed E-state index contributed by atoms with van der Waals surface area (Å²) in [4.78, 5) is 13.7. The predicted molar refractivity (Wildman–Crippen MR) is 35.2 cm³/mol. The van der Waals surface area contributed by atoms with Crippen LogP contribution in [0, 0.1) is 6.57 Å². The molecule has 0 aromatic rings. The van der Waals surface area contributed by atoms with Gasteiger partial charge in [0.25, 0.3) is 0 Å². The first-order valence-electron chi connectivity index (χ1n) is 3.05. The lowest BCUT2D eigenvalue weighted by Gasteiger charge is -2.15. The Morgan fingerprint density at radius 3 is 2.42 bits per heavy atom. The zero-order chi connectivity index (χ0) is 9.78. The normalized spacial score (nSPS) is 10.6. The molecule has 0 N–H and O–H groups in total. The fourth-order valence-electron chi connectivity index (χ4n) is 0.518. The van der Waals surface area contributed by atoms with Gasteiger partial charge in [-0.15, -0.1) is 0 Å². The second kappa shape index (κ2) is 3.95. The summed E-state index contributed by atoms with van der Waals surface area (Å²) in [6.45, 7) is 5.99. The smallest absolute Gasteiger partial charge is 0.330 e. The molecule has 1 amide bonds. The van der Waals surface area contributed by atoms with Crippen molar-refractivity contribution < 1.29 is 18.0 Å². The maximum Gasteiger partial charge on any atom is 0.471 e. The van der Waals surface area contributed by atoms with Gasteiger partial charge in [-0.05, 0) is 0 Å². The summed E-state index contributed by atoms with van der Waals surface area (Å²) in [6, 6.07) is 0. The van der Waals surface area contributed by atoms with Gasteiger partial charge >= 0.3 is 12.1 Å². The molecule has 0 rings (SSSR count). The number of hydrogen-bond donors (Lipinski definition) is 0. The Bertz CT molecular complexity index is 206. The molecule has 0 unspecified atom stereocenters. The largest absolute Gasteiger partial charge is 0.471 e. The quantitative estimate of drug-likeness (QED) is 0.580. The first-order valence-corrected chi connectivity index (χ1v) is 3.05.